The molecule has 0 atom stereocenters. The second kappa shape index (κ2) is 6.31. The minimum Gasteiger partial charge on any atom is -0.466 e. The zero-order valence-corrected chi connectivity index (χ0v) is 10.9. The van der Waals surface area contributed by atoms with Gasteiger partial charge in [0.15, 0.2) is 0 Å². The Balaban J connectivity index is 3.13. The first-order chi connectivity index (χ1) is 8.13. The van der Waals surface area contributed by atoms with Gasteiger partial charge in [0.05, 0.1) is 24.7 Å². The van der Waals surface area contributed by atoms with E-state index in [2.05, 4.69) is 18.7 Å². The molecule has 0 saturated heterocycles. The molecule has 0 bridgehead atoms. The van der Waals surface area contributed by atoms with Crippen molar-refractivity contribution in [2.24, 2.45) is 0 Å². The van der Waals surface area contributed by atoms with E-state index in [1.807, 2.05) is 6.92 Å². The van der Waals surface area contributed by atoms with E-state index >= 15 is 0 Å². The Kier molecular flexibility index (Phi) is 5.05. The molecule has 0 saturated carbocycles. The molecule has 0 fully saturated rings. The molecule has 0 radical (unpaired) electrons. The fourth-order valence-corrected chi connectivity index (χ4v) is 2.03. The first-order valence-electron chi connectivity index (χ1n) is 5.53. The lowest BCUT2D eigenvalue weighted by atomic mass is 9.97. The van der Waals surface area contributed by atoms with Gasteiger partial charge in [0, 0.05) is 4.90 Å². The summed E-state index contributed by atoms with van der Waals surface area (Å²) in [6.07, 6.45) is 0.872. The summed E-state index contributed by atoms with van der Waals surface area (Å²) in [5, 5.41) is 9.01. The molecule has 0 heterocycles. The van der Waals surface area contributed by atoms with Crippen LogP contribution in [0.15, 0.2) is 17.0 Å². The third-order valence-corrected chi connectivity index (χ3v) is 2.93. The summed E-state index contributed by atoms with van der Waals surface area (Å²) < 4.78 is 4.92. The maximum absolute atomic E-state index is 11.5. The lowest BCUT2D eigenvalue weighted by Crippen LogP contribution is -2.10. The highest BCUT2D eigenvalue weighted by atomic mass is 32.1. The van der Waals surface area contributed by atoms with Crippen LogP contribution in [-0.4, -0.2) is 12.6 Å². The Labute approximate surface area is 107 Å². The average Bonchev–Trinajstić information content (AvgIpc) is 2.31. The van der Waals surface area contributed by atoms with Crippen LogP contribution >= 0.6 is 12.6 Å². The lowest BCUT2D eigenvalue weighted by Gasteiger charge is -2.11. The number of ether oxygens (including phenoxy) is 1. The van der Waals surface area contributed by atoms with Crippen LogP contribution in [0.25, 0.3) is 0 Å². The quantitative estimate of drug-likeness (QED) is 0.659. The molecule has 3 nitrogen and oxygen atoms in total. The molecule has 0 unspecified atom stereocenters. The Bertz CT molecular complexity index is 463. The van der Waals surface area contributed by atoms with Crippen LogP contribution < -0.4 is 0 Å². The van der Waals surface area contributed by atoms with Crippen LogP contribution in [0.2, 0.25) is 0 Å². The van der Waals surface area contributed by atoms with E-state index in [1.165, 1.54) is 0 Å². The van der Waals surface area contributed by atoms with Gasteiger partial charge < -0.3 is 4.74 Å². The van der Waals surface area contributed by atoms with E-state index < -0.39 is 0 Å². The summed E-state index contributed by atoms with van der Waals surface area (Å²) in [4.78, 5) is 12.2. The fourth-order valence-electron chi connectivity index (χ4n) is 1.74. The third-order valence-electron chi connectivity index (χ3n) is 2.51. The first kappa shape index (κ1) is 13.6. The third kappa shape index (κ3) is 3.24. The number of carbonyl (C=O) groups excluding carboxylic acids is 1. The van der Waals surface area contributed by atoms with Crippen molar-refractivity contribution in [3.05, 3.63) is 28.8 Å². The van der Waals surface area contributed by atoms with Gasteiger partial charge in [-0.05, 0) is 36.6 Å². The number of nitriles is 1. The van der Waals surface area contributed by atoms with Gasteiger partial charge in [0.1, 0.15) is 0 Å². The summed E-state index contributed by atoms with van der Waals surface area (Å²) in [6, 6.07) is 5.61. The van der Waals surface area contributed by atoms with Crippen molar-refractivity contribution in [3.8, 4) is 6.07 Å². The predicted molar refractivity (Wildman–Crippen MR) is 68.1 cm³/mol. The largest absolute Gasteiger partial charge is 0.466 e. The van der Waals surface area contributed by atoms with Crippen molar-refractivity contribution in [1.82, 2.24) is 0 Å². The Morgan fingerprint density at radius 3 is 2.65 bits per heavy atom. The van der Waals surface area contributed by atoms with Gasteiger partial charge in [-0.25, -0.2) is 0 Å². The summed E-state index contributed by atoms with van der Waals surface area (Å²) in [5.41, 5.74) is 2.28. The highest BCUT2D eigenvalue weighted by Crippen LogP contribution is 2.23. The van der Waals surface area contributed by atoms with Gasteiger partial charge in [-0.1, -0.05) is 6.92 Å². The Hall–Kier alpha value is -1.47. The zero-order chi connectivity index (χ0) is 12.8. The standard InChI is InChI=1S/C13H15NO2S/c1-3-10-9(8-14)5-6-12(17)11(10)7-13(15)16-4-2/h5-6,17H,3-4,7H2,1-2H3. The van der Waals surface area contributed by atoms with Crippen molar-refractivity contribution in [1.29, 1.82) is 5.26 Å². The number of thiol groups is 1. The van der Waals surface area contributed by atoms with Crippen LogP contribution in [0, 0.1) is 11.3 Å². The fraction of sp³-hybridized carbons (Fsp3) is 0.385. The lowest BCUT2D eigenvalue weighted by molar-refractivity contribution is -0.142. The molecule has 0 aliphatic heterocycles. The van der Waals surface area contributed by atoms with Gasteiger partial charge in [0.25, 0.3) is 0 Å². The van der Waals surface area contributed by atoms with Gasteiger partial charge in [-0.3, -0.25) is 4.79 Å². The number of carbonyl (C=O) groups is 1. The molecule has 0 aliphatic rings. The van der Waals surface area contributed by atoms with E-state index in [1.54, 1.807) is 19.1 Å². The van der Waals surface area contributed by atoms with Crippen molar-refractivity contribution >= 4 is 18.6 Å². The highest BCUT2D eigenvalue weighted by molar-refractivity contribution is 7.80. The number of esters is 1. The molecule has 1 aromatic carbocycles. The Morgan fingerprint density at radius 2 is 2.12 bits per heavy atom. The highest BCUT2D eigenvalue weighted by Gasteiger charge is 2.14. The number of nitrogens with zero attached hydrogens (tertiary/aromatic N) is 1. The van der Waals surface area contributed by atoms with Crippen LogP contribution in [0.5, 0.6) is 0 Å². The molecule has 0 amide bonds. The minimum absolute atomic E-state index is 0.172. The van der Waals surface area contributed by atoms with Crippen molar-refractivity contribution < 1.29 is 9.53 Å². The topological polar surface area (TPSA) is 50.1 Å². The summed E-state index contributed by atoms with van der Waals surface area (Å²) in [6.45, 7) is 4.09. The molecular weight excluding hydrogens is 234 g/mol. The summed E-state index contributed by atoms with van der Waals surface area (Å²) in [7, 11) is 0. The molecule has 0 spiro atoms. The molecule has 4 heteroatoms. The van der Waals surface area contributed by atoms with Crippen molar-refractivity contribution in [3.63, 3.8) is 0 Å². The van der Waals surface area contributed by atoms with E-state index in [0.29, 0.717) is 18.6 Å². The first-order valence-corrected chi connectivity index (χ1v) is 5.98. The molecule has 0 aromatic heterocycles. The number of rotatable bonds is 4. The minimum atomic E-state index is -0.285. The maximum Gasteiger partial charge on any atom is 0.310 e. The average molecular weight is 249 g/mol. The maximum atomic E-state index is 11.5. The Morgan fingerprint density at radius 1 is 1.41 bits per heavy atom. The number of hydrogen-bond acceptors (Lipinski definition) is 4. The molecule has 17 heavy (non-hydrogen) atoms. The van der Waals surface area contributed by atoms with E-state index in [-0.39, 0.29) is 12.4 Å². The zero-order valence-electron chi connectivity index (χ0n) is 9.99. The normalized spacial score (nSPS) is 9.76. The smallest absolute Gasteiger partial charge is 0.310 e. The number of benzene rings is 1. The summed E-state index contributed by atoms with van der Waals surface area (Å²) >= 11 is 4.33. The second-order valence-corrected chi connectivity index (χ2v) is 4.02. The van der Waals surface area contributed by atoms with Crippen molar-refractivity contribution in [2.45, 2.75) is 31.6 Å². The van der Waals surface area contributed by atoms with Gasteiger partial charge in [0.2, 0.25) is 0 Å². The number of hydrogen-bond donors (Lipinski definition) is 1. The molecule has 1 aromatic rings. The van der Waals surface area contributed by atoms with Crippen molar-refractivity contribution in [2.75, 3.05) is 6.61 Å². The van der Waals surface area contributed by atoms with E-state index in [0.717, 1.165) is 16.0 Å². The van der Waals surface area contributed by atoms with Gasteiger partial charge in [-0.2, -0.15) is 5.26 Å². The van der Waals surface area contributed by atoms with Crippen LogP contribution in [-0.2, 0) is 22.4 Å². The molecule has 90 valence electrons. The van der Waals surface area contributed by atoms with Crippen LogP contribution in [0.1, 0.15) is 30.5 Å². The van der Waals surface area contributed by atoms with E-state index in [4.69, 9.17) is 10.00 Å². The molecular formula is C13H15NO2S. The van der Waals surface area contributed by atoms with E-state index in [9.17, 15) is 4.79 Å². The van der Waals surface area contributed by atoms with Gasteiger partial charge in [-0.15, -0.1) is 12.6 Å². The SMILES string of the molecule is CCOC(=O)Cc1c(S)ccc(C#N)c1CC. The molecule has 0 N–H and O–H groups in total. The monoisotopic (exact) mass is 249 g/mol. The summed E-state index contributed by atoms with van der Waals surface area (Å²) in [5.74, 6) is -0.285. The van der Waals surface area contributed by atoms with Gasteiger partial charge >= 0.3 is 5.97 Å². The van der Waals surface area contributed by atoms with Crippen LogP contribution in [0.4, 0.5) is 0 Å². The predicted octanol–water partition coefficient (Wildman–Crippen LogP) is 2.51. The molecule has 1 rings (SSSR count). The second-order valence-electron chi connectivity index (χ2n) is 3.54. The molecule has 0 aliphatic carbocycles. The van der Waals surface area contributed by atoms with Crippen LogP contribution in [0.3, 0.4) is 0 Å².